The number of rotatable bonds is 6. The summed E-state index contributed by atoms with van der Waals surface area (Å²) in [7, 11) is -1.04. The summed E-state index contributed by atoms with van der Waals surface area (Å²) in [6.07, 6.45) is 1.53. The van der Waals surface area contributed by atoms with E-state index in [0.717, 1.165) is 6.07 Å². The number of non-ortho nitro benzene ring substituents is 1. The van der Waals surface area contributed by atoms with Crippen molar-refractivity contribution in [2.75, 3.05) is 17.3 Å². The summed E-state index contributed by atoms with van der Waals surface area (Å²) < 4.78 is 11.1. The summed E-state index contributed by atoms with van der Waals surface area (Å²) in [6, 6.07) is 3.12. The molecule has 0 saturated carbocycles. The summed E-state index contributed by atoms with van der Waals surface area (Å²) in [4.78, 5) is 20.1. The molecule has 0 spiro atoms. The lowest BCUT2D eigenvalue weighted by Gasteiger charge is -2.13. The third kappa shape index (κ3) is 4.28. The van der Waals surface area contributed by atoms with Crippen LogP contribution in [-0.2, 0) is 10.8 Å². The Kier molecular flexibility index (Phi) is 4.93. The van der Waals surface area contributed by atoms with E-state index in [0.29, 0.717) is 5.75 Å². The highest BCUT2D eigenvalue weighted by Gasteiger charge is 2.20. The first-order chi connectivity index (χ1) is 8.81. The Hall–Kier alpha value is -2.03. The van der Waals surface area contributed by atoms with Gasteiger partial charge in [-0.3, -0.25) is 24.4 Å². The Morgan fingerprint density at radius 3 is 2.42 bits per heavy atom. The van der Waals surface area contributed by atoms with Gasteiger partial charge in [-0.05, 0) is 13.0 Å². The predicted molar refractivity (Wildman–Crippen MR) is 71.8 cm³/mol. The first-order valence-corrected chi connectivity index (χ1v) is 7.03. The van der Waals surface area contributed by atoms with Crippen molar-refractivity contribution in [1.82, 2.24) is 0 Å². The molecule has 0 aliphatic rings. The van der Waals surface area contributed by atoms with E-state index >= 15 is 0 Å². The number of nitrogens with one attached hydrogen (secondary N) is 1. The van der Waals surface area contributed by atoms with Gasteiger partial charge in [-0.1, -0.05) is 0 Å². The Morgan fingerprint density at radius 1 is 1.32 bits per heavy atom. The molecule has 2 atom stereocenters. The number of nitro benzene ring substituents is 2. The molecule has 1 rings (SSSR count). The molecule has 1 aromatic carbocycles. The Bertz CT molecular complexity index is 534. The van der Waals surface area contributed by atoms with Gasteiger partial charge < -0.3 is 5.32 Å². The summed E-state index contributed by atoms with van der Waals surface area (Å²) >= 11 is 0. The van der Waals surface area contributed by atoms with Crippen LogP contribution in [0.4, 0.5) is 17.1 Å². The number of anilines is 1. The fourth-order valence-electron chi connectivity index (χ4n) is 1.57. The predicted octanol–water partition coefficient (Wildman–Crippen LogP) is 1.68. The molecule has 0 aromatic heterocycles. The molecule has 0 amide bonds. The smallest absolute Gasteiger partial charge is 0.299 e. The standard InChI is InChI=1S/C10H13N3O5S/c1-7(6-19(2)18)11-9-4-3-8(12(14)15)5-10(9)13(16)17/h3-5,7,11H,6H2,1-2H3. The quantitative estimate of drug-likeness (QED) is 0.628. The first-order valence-electron chi connectivity index (χ1n) is 5.30. The van der Waals surface area contributed by atoms with Gasteiger partial charge in [0.1, 0.15) is 5.69 Å². The van der Waals surface area contributed by atoms with Crippen molar-refractivity contribution >= 4 is 27.9 Å². The summed E-state index contributed by atoms with van der Waals surface area (Å²) in [5.74, 6) is 0.328. The molecule has 0 heterocycles. The van der Waals surface area contributed by atoms with Crippen molar-refractivity contribution in [2.45, 2.75) is 13.0 Å². The minimum atomic E-state index is -1.04. The number of hydrogen-bond acceptors (Lipinski definition) is 6. The van der Waals surface area contributed by atoms with E-state index in [9.17, 15) is 24.4 Å². The number of nitro groups is 2. The normalized spacial score (nSPS) is 13.6. The number of hydrogen-bond donors (Lipinski definition) is 1. The monoisotopic (exact) mass is 287 g/mol. The molecule has 104 valence electrons. The molecule has 9 heteroatoms. The molecule has 19 heavy (non-hydrogen) atoms. The second-order valence-corrected chi connectivity index (χ2v) is 5.48. The van der Waals surface area contributed by atoms with Crippen LogP contribution in [0, 0.1) is 20.2 Å². The second-order valence-electron chi connectivity index (χ2n) is 4.00. The van der Waals surface area contributed by atoms with Crippen molar-refractivity contribution in [3.8, 4) is 0 Å². The lowest BCUT2D eigenvalue weighted by molar-refractivity contribution is -0.393. The molecule has 0 radical (unpaired) electrons. The van der Waals surface area contributed by atoms with Gasteiger partial charge in [0.2, 0.25) is 0 Å². The van der Waals surface area contributed by atoms with E-state index in [4.69, 9.17) is 0 Å². The fraction of sp³-hybridized carbons (Fsp3) is 0.400. The van der Waals surface area contributed by atoms with Crippen LogP contribution in [0.1, 0.15) is 6.92 Å². The van der Waals surface area contributed by atoms with Crippen molar-refractivity contribution in [2.24, 2.45) is 0 Å². The summed E-state index contributed by atoms with van der Waals surface area (Å²) in [5, 5.41) is 24.3. The zero-order chi connectivity index (χ0) is 14.6. The average molecular weight is 287 g/mol. The first kappa shape index (κ1) is 15.0. The minimum absolute atomic E-state index is 0.175. The third-order valence-electron chi connectivity index (χ3n) is 2.28. The maximum Gasteiger partial charge on any atom is 0.299 e. The van der Waals surface area contributed by atoms with Gasteiger partial charge in [0.25, 0.3) is 11.4 Å². The van der Waals surface area contributed by atoms with Crippen LogP contribution in [0.25, 0.3) is 0 Å². The van der Waals surface area contributed by atoms with Gasteiger partial charge in [-0.15, -0.1) is 0 Å². The molecular formula is C10H13N3O5S. The third-order valence-corrected chi connectivity index (χ3v) is 3.24. The van der Waals surface area contributed by atoms with Crippen LogP contribution in [0.15, 0.2) is 18.2 Å². The van der Waals surface area contributed by atoms with Gasteiger partial charge in [-0.25, -0.2) is 0 Å². The zero-order valence-electron chi connectivity index (χ0n) is 10.4. The maximum atomic E-state index is 11.1. The van der Waals surface area contributed by atoms with Gasteiger partial charge in [0, 0.05) is 34.9 Å². The van der Waals surface area contributed by atoms with Crippen LogP contribution in [0.2, 0.25) is 0 Å². The largest absolute Gasteiger partial charge is 0.376 e. The number of nitrogens with zero attached hydrogens (tertiary/aromatic N) is 2. The molecule has 0 aliphatic carbocycles. The molecule has 0 saturated heterocycles. The van der Waals surface area contributed by atoms with Crippen molar-refractivity contribution in [3.05, 3.63) is 38.4 Å². The Balaban J connectivity index is 3.03. The molecule has 1 aromatic rings. The molecule has 1 N–H and O–H groups in total. The average Bonchev–Trinajstić information content (AvgIpc) is 2.27. The highest BCUT2D eigenvalue weighted by Crippen LogP contribution is 2.29. The maximum absolute atomic E-state index is 11.1. The van der Waals surface area contributed by atoms with Gasteiger partial charge >= 0.3 is 0 Å². The number of benzene rings is 1. The van der Waals surface area contributed by atoms with E-state index in [1.54, 1.807) is 6.92 Å². The second kappa shape index (κ2) is 6.23. The van der Waals surface area contributed by atoms with Crippen molar-refractivity contribution in [1.29, 1.82) is 0 Å². The lowest BCUT2D eigenvalue weighted by atomic mass is 10.2. The van der Waals surface area contributed by atoms with E-state index < -0.39 is 20.6 Å². The SMILES string of the molecule is CC(CS(C)=O)Nc1ccc([N+](=O)[O-])cc1[N+](=O)[O-]. The van der Waals surface area contributed by atoms with Gasteiger partial charge in [0.05, 0.1) is 15.9 Å². The molecule has 8 nitrogen and oxygen atoms in total. The van der Waals surface area contributed by atoms with Crippen LogP contribution < -0.4 is 5.32 Å². The Morgan fingerprint density at radius 2 is 1.95 bits per heavy atom. The van der Waals surface area contributed by atoms with Crippen LogP contribution in [0.3, 0.4) is 0 Å². The molecule has 0 fully saturated rings. The molecule has 0 bridgehead atoms. The Labute approximate surface area is 111 Å². The summed E-state index contributed by atoms with van der Waals surface area (Å²) in [6.45, 7) is 1.73. The van der Waals surface area contributed by atoms with E-state index in [2.05, 4.69) is 5.32 Å². The van der Waals surface area contributed by atoms with Crippen molar-refractivity contribution in [3.63, 3.8) is 0 Å². The highest BCUT2D eigenvalue weighted by molar-refractivity contribution is 7.84. The van der Waals surface area contributed by atoms with Crippen LogP contribution in [-0.4, -0.2) is 32.1 Å². The van der Waals surface area contributed by atoms with E-state index in [1.807, 2.05) is 0 Å². The zero-order valence-corrected chi connectivity index (χ0v) is 11.2. The highest BCUT2D eigenvalue weighted by atomic mass is 32.2. The summed E-state index contributed by atoms with van der Waals surface area (Å²) in [5.41, 5.74) is -0.541. The van der Waals surface area contributed by atoms with Crippen LogP contribution >= 0.6 is 0 Å². The van der Waals surface area contributed by atoms with Crippen LogP contribution in [0.5, 0.6) is 0 Å². The minimum Gasteiger partial charge on any atom is -0.376 e. The van der Waals surface area contributed by atoms with Crippen molar-refractivity contribution < 1.29 is 14.1 Å². The van der Waals surface area contributed by atoms with E-state index in [-0.39, 0.29) is 23.1 Å². The van der Waals surface area contributed by atoms with Gasteiger partial charge in [-0.2, -0.15) is 0 Å². The van der Waals surface area contributed by atoms with E-state index in [1.165, 1.54) is 18.4 Å². The topological polar surface area (TPSA) is 115 Å². The lowest BCUT2D eigenvalue weighted by Crippen LogP contribution is -2.22. The fourth-order valence-corrected chi connectivity index (χ4v) is 2.35. The molecular weight excluding hydrogens is 274 g/mol. The van der Waals surface area contributed by atoms with Gasteiger partial charge in [0.15, 0.2) is 0 Å². The molecule has 2 unspecified atom stereocenters. The molecule has 0 aliphatic heterocycles.